The number of carbonyl (C=O) groups excluding carboxylic acids is 1. The molecule has 1 aliphatic heterocycles. The Bertz CT molecular complexity index is 690. The van der Waals surface area contributed by atoms with Crippen molar-refractivity contribution in [3.8, 4) is 0 Å². The topological polar surface area (TPSA) is 82.2 Å². The zero-order valence-electron chi connectivity index (χ0n) is 15.4. The molecular formula is C19H28Cl2N4O2. The second-order valence-corrected chi connectivity index (χ2v) is 6.68. The standard InChI is InChI=1S/C19H26N4O2.2ClH/c1-14(18-8-5-9-25-18)22-19(24)17(20)10-16-12-23(13-21-16)11-15-6-3-2-4-7-15;;/h2-4,6-7,12-14,17-18H,5,8-11,20H2,1H3,(H,22,24);2*1H/t14?,17-,18?;;/m0../s1. The van der Waals surface area contributed by atoms with Crippen molar-refractivity contribution < 1.29 is 9.53 Å². The van der Waals surface area contributed by atoms with Gasteiger partial charge in [0.15, 0.2) is 0 Å². The van der Waals surface area contributed by atoms with Gasteiger partial charge in [0.25, 0.3) is 0 Å². The van der Waals surface area contributed by atoms with Crippen LogP contribution >= 0.6 is 24.8 Å². The summed E-state index contributed by atoms with van der Waals surface area (Å²) in [5, 5.41) is 2.96. The van der Waals surface area contributed by atoms with E-state index in [1.54, 1.807) is 6.33 Å². The Balaban J connectivity index is 0.00000182. The number of rotatable bonds is 7. The van der Waals surface area contributed by atoms with E-state index in [1.807, 2.05) is 35.9 Å². The molecule has 0 saturated carbocycles. The van der Waals surface area contributed by atoms with Gasteiger partial charge >= 0.3 is 0 Å². The molecule has 0 bridgehead atoms. The molecule has 150 valence electrons. The Morgan fingerprint density at radius 2 is 2.11 bits per heavy atom. The van der Waals surface area contributed by atoms with Crippen LogP contribution in [0, 0.1) is 0 Å². The predicted octanol–water partition coefficient (Wildman–Crippen LogP) is 2.33. The number of halogens is 2. The average molecular weight is 415 g/mol. The Morgan fingerprint density at radius 1 is 1.37 bits per heavy atom. The summed E-state index contributed by atoms with van der Waals surface area (Å²) in [6.07, 6.45) is 6.29. The summed E-state index contributed by atoms with van der Waals surface area (Å²) < 4.78 is 7.61. The smallest absolute Gasteiger partial charge is 0.237 e. The van der Waals surface area contributed by atoms with Crippen molar-refractivity contribution in [1.82, 2.24) is 14.9 Å². The third-order valence-corrected chi connectivity index (χ3v) is 4.55. The third-order valence-electron chi connectivity index (χ3n) is 4.55. The lowest BCUT2D eigenvalue weighted by Gasteiger charge is -2.21. The van der Waals surface area contributed by atoms with Crippen LogP contribution in [0.3, 0.4) is 0 Å². The highest BCUT2D eigenvalue weighted by atomic mass is 35.5. The van der Waals surface area contributed by atoms with Crippen molar-refractivity contribution in [3.63, 3.8) is 0 Å². The van der Waals surface area contributed by atoms with E-state index < -0.39 is 6.04 Å². The molecule has 1 fully saturated rings. The van der Waals surface area contributed by atoms with Crippen LogP contribution in [0.25, 0.3) is 0 Å². The number of amides is 1. The van der Waals surface area contributed by atoms with Crippen molar-refractivity contribution in [3.05, 3.63) is 54.1 Å². The quantitative estimate of drug-likeness (QED) is 0.727. The van der Waals surface area contributed by atoms with E-state index >= 15 is 0 Å². The van der Waals surface area contributed by atoms with E-state index in [0.29, 0.717) is 6.42 Å². The molecule has 1 aromatic heterocycles. The van der Waals surface area contributed by atoms with E-state index in [2.05, 4.69) is 22.4 Å². The third kappa shape index (κ3) is 6.81. The first-order valence-corrected chi connectivity index (χ1v) is 8.84. The van der Waals surface area contributed by atoms with Crippen molar-refractivity contribution in [1.29, 1.82) is 0 Å². The lowest BCUT2D eigenvalue weighted by molar-refractivity contribution is -0.123. The minimum Gasteiger partial charge on any atom is -0.376 e. The highest BCUT2D eigenvalue weighted by Crippen LogP contribution is 2.15. The molecule has 0 radical (unpaired) electrons. The molecule has 8 heteroatoms. The maximum absolute atomic E-state index is 12.3. The molecule has 3 N–H and O–H groups in total. The van der Waals surface area contributed by atoms with Crippen molar-refractivity contribution in [2.24, 2.45) is 5.73 Å². The van der Waals surface area contributed by atoms with Crippen LogP contribution in [0.4, 0.5) is 0 Å². The van der Waals surface area contributed by atoms with Gasteiger partial charge in [0, 0.05) is 25.8 Å². The minimum absolute atomic E-state index is 0. The van der Waals surface area contributed by atoms with Gasteiger partial charge in [-0.15, -0.1) is 24.8 Å². The Kier molecular flexibility index (Phi) is 9.80. The summed E-state index contributed by atoms with van der Waals surface area (Å²) in [7, 11) is 0. The Labute approximate surface area is 172 Å². The minimum atomic E-state index is -0.607. The molecule has 2 aromatic rings. The molecule has 0 aliphatic carbocycles. The first-order valence-electron chi connectivity index (χ1n) is 8.84. The molecule has 6 nitrogen and oxygen atoms in total. The summed E-state index contributed by atoms with van der Waals surface area (Å²) in [5.74, 6) is -0.152. The second-order valence-electron chi connectivity index (χ2n) is 6.68. The molecule has 3 rings (SSSR count). The molecule has 2 heterocycles. The zero-order valence-corrected chi connectivity index (χ0v) is 17.0. The lowest BCUT2D eigenvalue weighted by Crippen LogP contribution is -2.49. The molecular weight excluding hydrogens is 387 g/mol. The number of nitrogens with one attached hydrogen (secondary N) is 1. The van der Waals surface area contributed by atoms with Gasteiger partial charge in [-0.25, -0.2) is 4.98 Å². The van der Waals surface area contributed by atoms with Crippen LogP contribution in [0.1, 0.15) is 31.0 Å². The van der Waals surface area contributed by atoms with E-state index in [4.69, 9.17) is 10.5 Å². The Morgan fingerprint density at radius 3 is 2.78 bits per heavy atom. The van der Waals surface area contributed by atoms with Crippen LogP contribution in [0.2, 0.25) is 0 Å². The molecule has 1 aromatic carbocycles. The van der Waals surface area contributed by atoms with Crippen LogP contribution in [-0.2, 0) is 22.5 Å². The number of aromatic nitrogens is 2. The summed E-state index contributed by atoms with van der Waals surface area (Å²) in [6, 6.07) is 9.56. The normalized spacial score (nSPS) is 18.1. The molecule has 0 spiro atoms. The SMILES string of the molecule is CC(NC(=O)[C@@H](N)Cc1cn(Cc2ccccc2)cn1)C1CCCO1.Cl.Cl. The predicted molar refractivity (Wildman–Crippen MR) is 111 cm³/mol. The zero-order chi connectivity index (χ0) is 17.6. The fraction of sp³-hybridized carbons (Fsp3) is 0.474. The van der Waals surface area contributed by atoms with Gasteiger partial charge in [-0.2, -0.15) is 0 Å². The summed E-state index contributed by atoms with van der Waals surface area (Å²) in [5.41, 5.74) is 8.09. The van der Waals surface area contributed by atoms with Crippen LogP contribution in [0.5, 0.6) is 0 Å². The second kappa shape index (κ2) is 11.3. The molecule has 27 heavy (non-hydrogen) atoms. The Hall–Kier alpha value is -1.60. The van der Waals surface area contributed by atoms with Crippen LogP contribution in [0.15, 0.2) is 42.9 Å². The van der Waals surface area contributed by atoms with Crippen LogP contribution < -0.4 is 11.1 Å². The fourth-order valence-corrected chi connectivity index (χ4v) is 3.13. The van der Waals surface area contributed by atoms with Gasteiger partial charge in [-0.1, -0.05) is 30.3 Å². The highest BCUT2D eigenvalue weighted by molar-refractivity contribution is 5.85. The molecule has 2 unspecified atom stereocenters. The average Bonchev–Trinajstić information content (AvgIpc) is 3.28. The van der Waals surface area contributed by atoms with E-state index in [0.717, 1.165) is 31.7 Å². The van der Waals surface area contributed by atoms with Crippen molar-refractivity contribution in [2.45, 2.75) is 50.9 Å². The largest absolute Gasteiger partial charge is 0.376 e. The maximum atomic E-state index is 12.3. The number of nitrogens with zero attached hydrogens (tertiary/aromatic N) is 2. The molecule has 1 saturated heterocycles. The van der Waals surface area contributed by atoms with Gasteiger partial charge in [-0.3, -0.25) is 4.79 Å². The fourth-order valence-electron chi connectivity index (χ4n) is 3.13. The number of carbonyl (C=O) groups is 1. The van der Waals surface area contributed by atoms with Gasteiger partial charge < -0.3 is 20.4 Å². The van der Waals surface area contributed by atoms with Crippen LogP contribution in [-0.4, -0.2) is 40.3 Å². The van der Waals surface area contributed by atoms with E-state index in [1.165, 1.54) is 5.56 Å². The van der Waals surface area contributed by atoms with Crippen molar-refractivity contribution >= 4 is 30.7 Å². The number of nitrogens with two attached hydrogens (primary N) is 1. The number of hydrogen-bond donors (Lipinski definition) is 2. The summed E-state index contributed by atoms with van der Waals surface area (Å²) >= 11 is 0. The lowest BCUT2D eigenvalue weighted by atomic mass is 10.1. The van der Waals surface area contributed by atoms with E-state index in [-0.39, 0.29) is 42.9 Å². The number of benzene rings is 1. The summed E-state index contributed by atoms with van der Waals surface area (Å²) in [4.78, 5) is 16.7. The van der Waals surface area contributed by atoms with E-state index in [9.17, 15) is 4.79 Å². The number of hydrogen-bond acceptors (Lipinski definition) is 4. The van der Waals surface area contributed by atoms with Gasteiger partial charge in [0.05, 0.1) is 30.2 Å². The molecule has 1 aliphatic rings. The van der Waals surface area contributed by atoms with Gasteiger partial charge in [-0.05, 0) is 25.3 Å². The first-order chi connectivity index (χ1) is 12.1. The highest BCUT2D eigenvalue weighted by Gasteiger charge is 2.25. The van der Waals surface area contributed by atoms with Crippen molar-refractivity contribution in [2.75, 3.05) is 6.61 Å². The molecule has 1 amide bonds. The maximum Gasteiger partial charge on any atom is 0.237 e. The number of ether oxygens (including phenoxy) is 1. The number of imidazole rings is 1. The molecule has 3 atom stereocenters. The first kappa shape index (κ1) is 23.4. The monoisotopic (exact) mass is 414 g/mol. The summed E-state index contributed by atoms with van der Waals surface area (Å²) in [6.45, 7) is 3.50. The van der Waals surface area contributed by atoms with Gasteiger partial charge in [0.1, 0.15) is 0 Å². The van der Waals surface area contributed by atoms with Gasteiger partial charge in [0.2, 0.25) is 5.91 Å².